The highest BCUT2D eigenvalue weighted by atomic mass is 35.5. The fourth-order valence-electron chi connectivity index (χ4n) is 2.27. The Morgan fingerprint density at radius 1 is 1.14 bits per heavy atom. The lowest BCUT2D eigenvalue weighted by Crippen LogP contribution is -2.24. The Kier molecular flexibility index (Phi) is 5.32. The largest absolute Gasteiger partial charge is 0.306 e. The van der Waals surface area contributed by atoms with Gasteiger partial charge in [0.25, 0.3) is 0 Å². The molecule has 0 saturated heterocycles. The second-order valence-corrected chi connectivity index (χ2v) is 5.48. The maximum atomic E-state index is 14.3. The lowest BCUT2D eigenvalue weighted by Gasteiger charge is -2.21. The molecular weight excluding hydrogens is 292 g/mol. The fourth-order valence-corrected chi connectivity index (χ4v) is 2.46. The van der Waals surface area contributed by atoms with Crippen LogP contribution in [0.2, 0.25) is 5.02 Å². The zero-order valence-corrected chi connectivity index (χ0v) is 12.8. The van der Waals surface area contributed by atoms with Crippen LogP contribution in [0.15, 0.2) is 36.4 Å². The van der Waals surface area contributed by atoms with Crippen molar-refractivity contribution >= 4 is 11.6 Å². The standard InChI is InChI=1S/C17H18ClF2N/c1-3-9-21-17(12-5-4-6-13(18)10-12)14-8-7-11(2)15(19)16(14)20/h4-8,10,17,21H,3,9H2,1-2H3. The third-order valence-corrected chi connectivity index (χ3v) is 3.63. The first kappa shape index (κ1) is 15.9. The smallest absolute Gasteiger partial charge is 0.164 e. The lowest BCUT2D eigenvalue weighted by atomic mass is 9.96. The van der Waals surface area contributed by atoms with Crippen molar-refractivity contribution < 1.29 is 8.78 Å². The van der Waals surface area contributed by atoms with E-state index in [9.17, 15) is 8.78 Å². The van der Waals surface area contributed by atoms with E-state index >= 15 is 0 Å². The molecule has 0 bridgehead atoms. The highest BCUT2D eigenvalue weighted by Gasteiger charge is 2.20. The zero-order chi connectivity index (χ0) is 15.4. The number of benzene rings is 2. The van der Waals surface area contributed by atoms with Crippen LogP contribution in [-0.2, 0) is 0 Å². The summed E-state index contributed by atoms with van der Waals surface area (Å²) in [5.74, 6) is -1.60. The first-order chi connectivity index (χ1) is 10.0. The number of hydrogen-bond donors (Lipinski definition) is 1. The Hall–Kier alpha value is -1.45. The predicted octanol–water partition coefficient (Wildman–Crippen LogP) is 5.02. The Morgan fingerprint density at radius 2 is 1.90 bits per heavy atom. The topological polar surface area (TPSA) is 12.0 Å². The van der Waals surface area contributed by atoms with Crippen molar-refractivity contribution in [3.8, 4) is 0 Å². The summed E-state index contributed by atoms with van der Waals surface area (Å²) < 4.78 is 28.1. The first-order valence-corrected chi connectivity index (χ1v) is 7.35. The number of hydrogen-bond acceptors (Lipinski definition) is 1. The first-order valence-electron chi connectivity index (χ1n) is 6.98. The third-order valence-electron chi connectivity index (χ3n) is 3.40. The molecule has 0 amide bonds. The van der Waals surface area contributed by atoms with Gasteiger partial charge in [-0.3, -0.25) is 0 Å². The summed E-state index contributed by atoms with van der Waals surface area (Å²) in [6, 6.07) is 10.00. The molecule has 0 radical (unpaired) electrons. The Morgan fingerprint density at radius 3 is 2.57 bits per heavy atom. The van der Waals surface area contributed by atoms with Crippen molar-refractivity contribution in [2.45, 2.75) is 26.3 Å². The summed E-state index contributed by atoms with van der Waals surface area (Å²) in [6.07, 6.45) is 0.896. The third kappa shape index (κ3) is 3.60. The highest BCUT2D eigenvalue weighted by molar-refractivity contribution is 6.30. The van der Waals surface area contributed by atoms with Crippen molar-refractivity contribution in [1.29, 1.82) is 0 Å². The molecular formula is C17H18ClF2N. The van der Waals surface area contributed by atoms with Gasteiger partial charge in [0.1, 0.15) is 0 Å². The van der Waals surface area contributed by atoms with E-state index in [0.717, 1.165) is 12.0 Å². The van der Waals surface area contributed by atoms with Crippen molar-refractivity contribution in [2.75, 3.05) is 6.54 Å². The van der Waals surface area contributed by atoms with Gasteiger partial charge in [0.15, 0.2) is 11.6 Å². The molecule has 4 heteroatoms. The van der Waals surface area contributed by atoms with E-state index in [0.29, 0.717) is 22.7 Å². The fraction of sp³-hybridized carbons (Fsp3) is 0.294. The molecule has 2 aromatic carbocycles. The van der Waals surface area contributed by atoms with Gasteiger partial charge in [-0.2, -0.15) is 0 Å². The number of rotatable bonds is 5. The number of nitrogens with one attached hydrogen (secondary N) is 1. The maximum Gasteiger partial charge on any atom is 0.164 e. The van der Waals surface area contributed by atoms with E-state index < -0.39 is 17.7 Å². The van der Waals surface area contributed by atoms with Crippen LogP contribution in [0.25, 0.3) is 0 Å². The molecule has 0 aliphatic rings. The molecule has 0 fully saturated rings. The van der Waals surface area contributed by atoms with Gasteiger partial charge in [0.2, 0.25) is 0 Å². The highest BCUT2D eigenvalue weighted by Crippen LogP contribution is 2.28. The Balaban J connectivity index is 2.48. The Bertz CT molecular complexity index is 628. The van der Waals surface area contributed by atoms with E-state index in [4.69, 9.17) is 11.6 Å². The SMILES string of the molecule is CCCNC(c1cccc(Cl)c1)c1ccc(C)c(F)c1F. The minimum absolute atomic E-state index is 0.300. The molecule has 1 nitrogen and oxygen atoms in total. The van der Waals surface area contributed by atoms with E-state index in [-0.39, 0.29) is 0 Å². The lowest BCUT2D eigenvalue weighted by molar-refractivity contribution is 0.476. The maximum absolute atomic E-state index is 14.3. The molecule has 0 spiro atoms. The molecule has 0 aromatic heterocycles. The van der Waals surface area contributed by atoms with Gasteiger partial charge in [-0.1, -0.05) is 42.8 Å². The van der Waals surface area contributed by atoms with Crippen LogP contribution >= 0.6 is 11.6 Å². The predicted molar refractivity (Wildman–Crippen MR) is 82.7 cm³/mol. The van der Waals surface area contributed by atoms with Crippen LogP contribution < -0.4 is 5.32 Å². The average Bonchev–Trinajstić information content (AvgIpc) is 2.47. The van der Waals surface area contributed by atoms with E-state index in [2.05, 4.69) is 5.32 Å². The van der Waals surface area contributed by atoms with Gasteiger partial charge in [0, 0.05) is 10.6 Å². The van der Waals surface area contributed by atoms with Crippen LogP contribution in [0.4, 0.5) is 8.78 Å². The summed E-state index contributed by atoms with van der Waals surface area (Å²) in [7, 11) is 0. The normalized spacial score (nSPS) is 12.4. The van der Waals surface area contributed by atoms with Crippen LogP contribution in [0.1, 0.15) is 36.1 Å². The molecule has 21 heavy (non-hydrogen) atoms. The van der Waals surface area contributed by atoms with Gasteiger partial charge in [0.05, 0.1) is 6.04 Å². The van der Waals surface area contributed by atoms with E-state index in [1.54, 1.807) is 37.3 Å². The van der Waals surface area contributed by atoms with Gasteiger partial charge in [-0.15, -0.1) is 0 Å². The minimum Gasteiger partial charge on any atom is -0.306 e. The average molecular weight is 310 g/mol. The summed E-state index contributed by atoms with van der Waals surface area (Å²) in [4.78, 5) is 0. The molecule has 0 aliphatic carbocycles. The van der Waals surface area contributed by atoms with Crippen LogP contribution in [0, 0.1) is 18.6 Å². The summed E-state index contributed by atoms with van der Waals surface area (Å²) in [5, 5.41) is 3.82. The molecule has 2 aromatic rings. The molecule has 112 valence electrons. The zero-order valence-electron chi connectivity index (χ0n) is 12.1. The van der Waals surface area contributed by atoms with Crippen LogP contribution in [-0.4, -0.2) is 6.54 Å². The van der Waals surface area contributed by atoms with Crippen LogP contribution in [0.5, 0.6) is 0 Å². The van der Waals surface area contributed by atoms with Crippen LogP contribution in [0.3, 0.4) is 0 Å². The van der Waals surface area contributed by atoms with Gasteiger partial charge >= 0.3 is 0 Å². The van der Waals surface area contributed by atoms with Gasteiger partial charge in [-0.05, 0) is 43.1 Å². The van der Waals surface area contributed by atoms with E-state index in [1.807, 2.05) is 13.0 Å². The summed E-state index contributed by atoms with van der Waals surface area (Å²) >= 11 is 6.01. The molecule has 0 aliphatic heterocycles. The minimum atomic E-state index is -0.802. The van der Waals surface area contributed by atoms with Crippen molar-refractivity contribution in [1.82, 2.24) is 5.32 Å². The molecule has 2 rings (SSSR count). The van der Waals surface area contributed by atoms with Crippen molar-refractivity contribution in [3.05, 3.63) is 69.7 Å². The molecule has 0 heterocycles. The molecule has 1 unspecified atom stereocenters. The van der Waals surface area contributed by atoms with Crippen molar-refractivity contribution in [3.63, 3.8) is 0 Å². The van der Waals surface area contributed by atoms with Gasteiger partial charge < -0.3 is 5.32 Å². The monoisotopic (exact) mass is 309 g/mol. The number of halogens is 3. The summed E-state index contributed by atoms with van der Waals surface area (Å²) in [6.45, 7) is 4.27. The Labute approximate surface area is 128 Å². The molecule has 1 atom stereocenters. The molecule has 0 saturated carbocycles. The van der Waals surface area contributed by atoms with Gasteiger partial charge in [-0.25, -0.2) is 8.78 Å². The second-order valence-electron chi connectivity index (χ2n) is 5.04. The van der Waals surface area contributed by atoms with Crippen molar-refractivity contribution in [2.24, 2.45) is 0 Å². The quantitative estimate of drug-likeness (QED) is 0.818. The summed E-state index contributed by atoms with van der Waals surface area (Å²) in [5.41, 5.74) is 1.42. The van der Waals surface area contributed by atoms with E-state index in [1.165, 1.54) is 0 Å². The number of aryl methyl sites for hydroxylation is 1. The second kappa shape index (κ2) is 7.01. The molecule has 1 N–H and O–H groups in total.